The Morgan fingerprint density at radius 1 is 1.22 bits per heavy atom. The highest BCUT2D eigenvalue weighted by atomic mass is 16.5. The zero-order valence-corrected chi connectivity index (χ0v) is 10.9. The fourth-order valence-electron chi connectivity index (χ4n) is 4.94. The second kappa shape index (κ2) is 3.74. The number of ether oxygens (including phenoxy) is 1. The third kappa shape index (κ3) is 1.38. The van der Waals surface area contributed by atoms with Crippen molar-refractivity contribution in [3.05, 3.63) is 29.8 Å². The van der Waals surface area contributed by atoms with Crippen LogP contribution in [0.1, 0.15) is 30.9 Å². The van der Waals surface area contributed by atoms with Crippen LogP contribution in [0.15, 0.2) is 24.3 Å². The molecule has 0 heterocycles. The number of hydrogen-bond acceptors (Lipinski definition) is 2. The first-order valence-corrected chi connectivity index (χ1v) is 7.19. The van der Waals surface area contributed by atoms with Crippen molar-refractivity contribution in [2.75, 3.05) is 7.11 Å². The summed E-state index contributed by atoms with van der Waals surface area (Å²) in [6, 6.07) is 8.54. The second-order valence-electron chi connectivity index (χ2n) is 6.37. The Hall–Kier alpha value is -1.02. The molecule has 0 aliphatic heterocycles. The van der Waals surface area contributed by atoms with Crippen LogP contribution in [0.5, 0.6) is 5.75 Å². The molecule has 18 heavy (non-hydrogen) atoms. The molecular weight excluding hydrogens is 222 g/mol. The maximum Gasteiger partial charge on any atom is 0.119 e. The third-order valence-corrected chi connectivity index (χ3v) is 5.69. The molecule has 2 heteroatoms. The topological polar surface area (TPSA) is 35.2 Å². The van der Waals surface area contributed by atoms with Crippen molar-refractivity contribution >= 4 is 0 Å². The molecule has 4 rings (SSSR count). The molecule has 0 amide bonds. The third-order valence-electron chi connectivity index (χ3n) is 5.69. The number of nitrogens with two attached hydrogens (primary N) is 1. The predicted octanol–water partition coefficient (Wildman–Crippen LogP) is 2.99. The molecule has 2 bridgehead atoms. The van der Waals surface area contributed by atoms with Crippen LogP contribution in [0.25, 0.3) is 0 Å². The zero-order valence-electron chi connectivity index (χ0n) is 10.9. The lowest BCUT2D eigenvalue weighted by molar-refractivity contribution is 0.406. The van der Waals surface area contributed by atoms with Gasteiger partial charge < -0.3 is 10.5 Å². The molecule has 5 atom stereocenters. The minimum atomic E-state index is 0.221. The summed E-state index contributed by atoms with van der Waals surface area (Å²) in [6.07, 6.45) is 4.43. The molecule has 0 saturated heterocycles. The molecular formula is C16H21NO. The molecule has 0 spiro atoms. The van der Waals surface area contributed by atoms with Crippen LogP contribution < -0.4 is 10.5 Å². The summed E-state index contributed by atoms with van der Waals surface area (Å²) < 4.78 is 5.30. The van der Waals surface area contributed by atoms with Crippen molar-refractivity contribution in [1.82, 2.24) is 0 Å². The van der Waals surface area contributed by atoms with Gasteiger partial charge >= 0.3 is 0 Å². The van der Waals surface area contributed by atoms with Crippen LogP contribution in [0.3, 0.4) is 0 Å². The van der Waals surface area contributed by atoms with Gasteiger partial charge in [0.2, 0.25) is 0 Å². The van der Waals surface area contributed by atoms with Gasteiger partial charge in [-0.1, -0.05) is 12.1 Å². The molecule has 1 aromatic carbocycles. The van der Waals surface area contributed by atoms with Gasteiger partial charge in [-0.15, -0.1) is 0 Å². The average molecular weight is 243 g/mol. The minimum Gasteiger partial charge on any atom is -0.497 e. The molecule has 3 fully saturated rings. The van der Waals surface area contributed by atoms with Gasteiger partial charge in [-0.05, 0) is 66.5 Å². The highest BCUT2D eigenvalue weighted by Gasteiger charge is 2.66. The standard InChI is InChI=1S/C16H21NO/c1-18-12-4-2-3-11(8-12)16(17)15-13-9-5-6-10(7-9)14(13)15/h2-4,8-10,13-16H,5-7,17H2,1H3. The first-order chi connectivity index (χ1) is 8.79. The van der Waals surface area contributed by atoms with E-state index in [1.165, 1.54) is 24.8 Å². The first-order valence-electron chi connectivity index (χ1n) is 7.19. The largest absolute Gasteiger partial charge is 0.497 e. The van der Waals surface area contributed by atoms with E-state index in [0.29, 0.717) is 0 Å². The summed E-state index contributed by atoms with van der Waals surface area (Å²) in [6.45, 7) is 0. The monoisotopic (exact) mass is 243 g/mol. The van der Waals surface area contributed by atoms with E-state index < -0.39 is 0 Å². The molecule has 96 valence electrons. The normalized spacial score (nSPS) is 41.6. The fourth-order valence-corrected chi connectivity index (χ4v) is 4.94. The lowest BCUT2D eigenvalue weighted by Gasteiger charge is -2.17. The van der Waals surface area contributed by atoms with Gasteiger partial charge in [-0.25, -0.2) is 0 Å². The number of benzene rings is 1. The summed E-state index contributed by atoms with van der Waals surface area (Å²) >= 11 is 0. The molecule has 2 N–H and O–H groups in total. The van der Waals surface area contributed by atoms with Gasteiger partial charge in [0.05, 0.1) is 7.11 Å². The Morgan fingerprint density at radius 2 is 1.94 bits per heavy atom. The first kappa shape index (κ1) is 10.9. The van der Waals surface area contributed by atoms with Gasteiger partial charge in [-0.2, -0.15) is 0 Å². The SMILES string of the molecule is COc1cccc(C(N)C2C3C4CCC(C4)C32)c1. The highest BCUT2D eigenvalue weighted by Crippen LogP contribution is 2.71. The molecule has 3 aliphatic carbocycles. The van der Waals surface area contributed by atoms with Gasteiger partial charge in [0.15, 0.2) is 0 Å². The Morgan fingerprint density at radius 3 is 2.61 bits per heavy atom. The van der Waals surface area contributed by atoms with Crippen molar-refractivity contribution in [2.24, 2.45) is 35.3 Å². The minimum absolute atomic E-state index is 0.221. The Labute approximate surface area is 109 Å². The predicted molar refractivity (Wildman–Crippen MR) is 71.2 cm³/mol. The molecule has 0 aromatic heterocycles. The zero-order chi connectivity index (χ0) is 12.3. The van der Waals surface area contributed by atoms with Crippen molar-refractivity contribution in [3.63, 3.8) is 0 Å². The smallest absolute Gasteiger partial charge is 0.119 e. The van der Waals surface area contributed by atoms with Crippen LogP contribution >= 0.6 is 0 Å². The molecule has 3 saturated carbocycles. The van der Waals surface area contributed by atoms with E-state index in [1.54, 1.807) is 7.11 Å². The van der Waals surface area contributed by atoms with E-state index >= 15 is 0 Å². The molecule has 5 unspecified atom stereocenters. The van der Waals surface area contributed by atoms with Gasteiger partial charge in [0.25, 0.3) is 0 Å². The van der Waals surface area contributed by atoms with Gasteiger partial charge in [0, 0.05) is 6.04 Å². The van der Waals surface area contributed by atoms with E-state index in [2.05, 4.69) is 18.2 Å². The maximum atomic E-state index is 6.51. The number of methoxy groups -OCH3 is 1. The van der Waals surface area contributed by atoms with Crippen molar-refractivity contribution in [2.45, 2.75) is 25.3 Å². The van der Waals surface area contributed by atoms with Crippen LogP contribution in [0, 0.1) is 29.6 Å². The number of rotatable bonds is 3. The maximum absolute atomic E-state index is 6.51. The summed E-state index contributed by atoms with van der Waals surface area (Å²) in [7, 11) is 1.72. The second-order valence-corrected chi connectivity index (χ2v) is 6.37. The molecule has 1 aromatic rings. The van der Waals surface area contributed by atoms with Gasteiger partial charge in [-0.3, -0.25) is 0 Å². The summed E-state index contributed by atoms with van der Waals surface area (Å²) in [5, 5.41) is 0. The quantitative estimate of drug-likeness (QED) is 0.885. The van der Waals surface area contributed by atoms with Crippen LogP contribution in [-0.4, -0.2) is 7.11 Å². The van der Waals surface area contributed by atoms with E-state index in [1.807, 2.05) is 6.07 Å². The number of hydrogen-bond donors (Lipinski definition) is 1. The fraction of sp³-hybridized carbons (Fsp3) is 0.625. The Balaban J connectivity index is 1.56. The van der Waals surface area contributed by atoms with E-state index in [0.717, 1.165) is 35.3 Å². The Bertz CT molecular complexity index is 456. The van der Waals surface area contributed by atoms with Crippen LogP contribution in [0.2, 0.25) is 0 Å². The summed E-state index contributed by atoms with van der Waals surface area (Å²) in [5.41, 5.74) is 7.77. The van der Waals surface area contributed by atoms with Crippen molar-refractivity contribution in [3.8, 4) is 5.75 Å². The molecule has 2 nitrogen and oxygen atoms in total. The summed E-state index contributed by atoms with van der Waals surface area (Å²) in [4.78, 5) is 0. The van der Waals surface area contributed by atoms with Gasteiger partial charge in [0.1, 0.15) is 5.75 Å². The lowest BCUT2D eigenvalue weighted by Crippen LogP contribution is -2.17. The van der Waals surface area contributed by atoms with Crippen molar-refractivity contribution in [1.29, 1.82) is 0 Å². The Kier molecular flexibility index (Phi) is 2.25. The highest BCUT2D eigenvalue weighted by molar-refractivity contribution is 5.33. The average Bonchev–Trinajstić information content (AvgIpc) is 2.85. The van der Waals surface area contributed by atoms with E-state index in [-0.39, 0.29) is 6.04 Å². The molecule has 0 radical (unpaired) electrons. The van der Waals surface area contributed by atoms with E-state index in [4.69, 9.17) is 10.5 Å². The number of fused-ring (bicyclic) bond motifs is 5. The molecule has 3 aliphatic rings. The van der Waals surface area contributed by atoms with Crippen LogP contribution in [0.4, 0.5) is 0 Å². The van der Waals surface area contributed by atoms with E-state index in [9.17, 15) is 0 Å². The summed E-state index contributed by atoms with van der Waals surface area (Å²) in [5.74, 6) is 5.58. The lowest BCUT2D eigenvalue weighted by atomic mass is 9.93. The van der Waals surface area contributed by atoms with Crippen molar-refractivity contribution < 1.29 is 4.74 Å². The van der Waals surface area contributed by atoms with Crippen LogP contribution in [-0.2, 0) is 0 Å².